The molecule has 0 aliphatic rings. The number of hydrogen-bond donors (Lipinski definition) is 3. The van der Waals surface area contributed by atoms with Crippen LogP contribution in [-0.4, -0.2) is 34.8 Å². The molecule has 1 aromatic heterocycles. The van der Waals surface area contributed by atoms with Crippen LogP contribution in [0.25, 0.3) is 10.9 Å². The van der Waals surface area contributed by atoms with Crippen molar-refractivity contribution in [3.8, 4) is 0 Å². The zero-order valence-corrected chi connectivity index (χ0v) is 13.6. The number of aromatic nitrogens is 2. The lowest BCUT2D eigenvalue weighted by atomic mass is 10.1. The molecular formula is C19H22N4O. The smallest absolute Gasteiger partial charge is 0.225 e. The molecule has 2 aromatic carbocycles. The minimum Gasteiger partial charge on any atom is -0.396 e. The van der Waals surface area contributed by atoms with Gasteiger partial charge in [0.1, 0.15) is 5.82 Å². The Morgan fingerprint density at radius 1 is 0.833 bits per heavy atom. The van der Waals surface area contributed by atoms with Crippen molar-refractivity contribution in [1.29, 1.82) is 0 Å². The van der Waals surface area contributed by atoms with E-state index >= 15 is 0 Å². The molecule has 1 heterocycles. The molecule has 3 N–H and O–H groups in total. The number of rotatable bonds is 8. The highest BCUT2D eigenvalue weighted by Gasteiger charge is 2.06. The van der Waals surface area contributed by atoms with E-state index in [2.05, 4.69) is 32.7 Å². The minimum atomic E-state index is 0.165. The molecular weight excluding hydrogens is 300 g/mol. The van der Waals surface area contributed by atoms with Gasteiger partial charge in [-0.25, -0.2) is 4.98 Å². The Morgan fingerprint density at radius 3 is 2.46 bits per heavy atom. The zero-order valence-electron chi connectivity index (χ0n) is 13.6. The molecule has 0 saturated heterocycles. The minimum absolute atomic E-state index is 0.165. The Hall–Kier alpha value is -2.66. The maximum Gasteiger partial charge on any atom is 0.225 e. The van der Waals surface area contributed by atoms with E-state index in [0.717, 1.165) is 29.7 Å². The number of nitrogens with zero attached hydrogens (tertiary/aromatic N) is 2. The van der Waals surface area contributed by atoms with E-state index in [1.807, 2.05) is 42.5 Å². The zero-order chi connectivity index (χ0) is 16.6. The van der Waals surface area contributed by atoms with Gasteiger partial charge < -0.3 is 15.7 Å². The molecule has 5 nitrogen and oxygen atoms in total. The van der Waals surface area contributed by atoms with Crippen LogP contribution in [0.4, 0.5) is 11.8 Å². The normalized spacial score (nSPS) is 10.7. The van der Waals surface area contributed by atoms with Crippen LogP contribution in [0.1, 0.15) is 12.0 Å². The van der Waals surface area contributed by atoms with E-state index in [-0.39, 0.29) is 6.61 Å². The summed E-state index contributed by atoms with van der Waals surface area (Å²) >= 11 is 0. The third-order valence-electron chi connectivity index (χ3n) is 3.77. The lowest BCUT2D eigenvalue weighted by Gasteiger charge is -2.11. The van der Waals surface area contributed by atoms with E-state index in [9.17, 15) is 0 Å². The number of anilines is 2. The van der Waals surface area contributed by atoms with Gasteiger partial charge in [0, 0.05) is 25.1 Å². The van der Waals surface area contributed by atoms with Gasteiger partial charge in [-0.2, -0.15) is 4.98 Å². The summed E-state index contributed by atoms with van der Waals surface area (Å²) in [7, 11) is 0. The molecule has 0 radical (unpaired) electrons. The van der Waals surface area contributed by atoms with Crippen molar-refractivity contribution >= 4 is 22.7 Å². The summed E-state index contributed by atoms with van der Waals surface area (Å²) in [6.07, 6.45) is 1.61. The van der Waals surface area contributed by atoms with E-state index in [0.29, 0.717) is 18.9 Å². The van der Waals surface area contributed by atoms with Crippen LogP contribution < -0.4 is 10.6 Å². The maximum absolute atomic E-state index is 8.95. The number of nitrogens with one attached hydrogen (secondary N) is 2. The van der Waals surface area contributed by atoms with Gasteiger partial charge in [-0.1, -0.05) is 42.5 Å². The van der Waals surface area contributed by atoms with E-state index < -0.39 is 0 Å². The van der Waals surface area contributed by atoms with Crippen molar-refractivity contribution in [3.63, 3.8) is 0 Å². The van der Waals surface area contributed by atoms with Crippen LogP contribution in [-0.2, 0) is 6.42 Å². The highest BCUT2D eigenvalue weighted by atomic mass is 16.3. The molecule has 5 heteroatoms. The average Bonchev–Trinajstić information content (AvgIpc) is 2.63. The Labute approximate surface area is 141 Å². The Balaban J connectivity index is 1.72. The monoisotopic (exact) mass is 322 g/mol. The lowest BCUT2D eigenvalue weighted by Crippen LogP contribution is -2.11. The Bertz CT molecular complexity index is 777. The summed E-state index contributed by atoms with van der Waals surface area (Å²) < 4.78 is 0. The molecule has 0 unspecified atom stereocenters. The third-order valence-corrected chi connectivity index (χ3v) is 3.77. The molecule has 0 bridgehead atoms. The fourth-order valence-electron chi connectivity index (χ4n) is 2.54. The first-order chi connectivity index (χ1) is 11.9. The summed E-state index contributed by atoms with van der Waals surface area (Å²) in [5.74, 6) is 1.42. The van der Waals surface area contributed by atoms with Gasteiger partial charge in [0.2, 0.25) is 5.95 Å². The average molecular weight is 322 g/mol. The predicted molar refractivity (Wildman–Crippen MR) is 98.4 cm³/mol. The van der Waals surface area contributed by atoms with Crippen molar-refractivity contribution in [2.45, 2.75) is 12.8 Å². The Kier molecular flexibility index (Phi) is 5.58. The Morgan fingerprint density at radius 2 is 1.62 bits per heavy atom. The summed E-state index contributed by atoms with van der Waals surface area (Å²) in [6, 6.07) is 18.3. The molecule has 3 aromatic rings. The number of aliphatic hydroxyl groups excluding tert-OH is 1. The number of benzene rings is 2. The number of para-hydroxylation sites is 1. The molecule has 0 atom stereocenters. The highest BCUT2D eigenvalue weighted by molar-refractivity contribution is 5.89. The second kappa shape index (κ2) is 8.26. The molecule has 0 aliphatic carbocycles. The highest BCUT2D eigenvalue weighted by Crippen LogP contribution is 2.21. The van der Waals surface area contributed by atoms with E-state index in [1.54, 1.807) is 0 Å². The van der Waals surface area contributed by atoms with Crippen molar-refractivity contribution in [2.24, 2.45) is 0 Å². The summed E-state index contributed by atoms with van der Waals surface area (Å²) in [6.45, 7) is 1.62. The summed E-state index contributed by atoms with van der Waals surface area (Å²) in [5.41, 5.74) is 2.19. The van der Waals surface area contributed by atoms with Gasteiger partial charge in [0.25, 0.3) is 0 Å². The molecule has 0 aliphatic heterocycles. The molecule has 0 spiro atoms. The van der Waals surface area contributed by atoms with Gasteiger partial charge in [-0.3, -0.25) is 0 Å². The molecule has 0 fully saturated rings. The number of hydrogen-bond acceptors (Lipinski definition) is 5. The second-order valence-electron chi connectivity index (χ2n) is 5.58. The molecule has 124 valence electrons. The predicted octanol–water partition coefficient (Wildman–Crippen LogP) is 3.08. The molecule has 24 heavy (non-hydrogen) atoms. The van der Waals surface area contributed by atoms with Crippen LogP contribution in [0.2, 0.25) is 0 Å². The second-order valence-corrected chi connectivity index (χ2v) is 5.58. The standard InChI is InChI=1S/C19H22N4O/c24-14-6-12-20-18-16-9-4-5-10-17(16)22-19(23-18)21-13-11-15-7-2-1-3-8-15/h1-5,7-10,24H,6,11-14H2,(H2,20,21,22,23). The molecule has 3 rings (SSSR count). The van der Waals surface area contributed by atoms with Gasteiger partial charge in [0.05, 0.1) is 5.52 Å². The number of fused-ring (bicyclic) bond motifs is 1. The first-order valence-corrected chi connectivity index (χ1v) is 8.26. The van der Waals surface area contributed by atoms with Crippen molar-refractivity contribution < 1.29 is 5.11 Å². The fraction of sp³-hybridized carbons (Fsp3) is 0.263. The van der Waals surface area contributed by atoms with Crippen LogP contribution in [0.15, 0.2) is 54.6 Å². The molecule has 0 amide bonds. The largest absolute Gasteiger partial charge is 0.396 e. The summed E-state index contributed by atoms with van der Waals surface area (Å²) in [4.78, 5) is 9.17. The maximum atomic E-state index is 8.95. The van der Waals surface area contributed by atoms with E-state index in [4.69, 9.17) is 5.11 Å². The van der Waals surface area contributed by atoms with Crippen LogP contribution >= 0.6 is 0 Å². The fourth-order valence-corrected chi connectivity index (χ4v) is 2.54. The van der Waals surface area contributed by atoms with Gasteiger partial charge in [0.15, 0.2) is 0 Å². The third kappa shape index (κ3) is 4.20. The first-order valence-electron chi connectivity index (χ1n) is 8.26. The van der Waals surface area contributed by atoms with Crippen LogP contribution in [0, 0.1) is 0 Å². The molecule has 0 saturated carbocycles. The van der Waals surface area contributed by atoms with Crippen molar-refractivity contribution in [2.75, 3.05) is 30.3 Å². The topological polar surface area (TPSA) is 70.1 Å². The summed E-state index contributed by atoms with van der Waals surface area (Å²) in [5, 5.41) is 16.5. The quantitative estimate of drug-likeness (QED) is 0.556. The van der Waals surface area contributed by atoms with Crippen molar-refractivity contribution in [1.82, 2.24) is 9.97 Å². The lowest BCUT2D eigenvalue weighted by molar-refractivity contribution is 0.292. The van der Waals surface area contributed by atoms with Crippen LogP contribution in [0.3, 0.4) is 0 Å². The van der Waals surface area contributed by atoms with Gasteiger partial charge in [-0.05, 0) is 30.5 Å². The first kappa shape index (κ1) is 16.2. The van der Waals surface area contributed by atoms with Gasteiger partial charge in [-0.15, -0.1) is 0 Å². The number of aliphatic hydroxyl groups is 1. The van der Waals surface area contributed by atoms with Crippen LogP contribution in [0.5, 0.6) is 0 Å². The van der Waals surface area contributed by atoms with Gasteiger partial charge >= 0.3 is 0 Å². The SMILES string of the molecule is OCCCNc1nc(NCCc2ccccc2)nc2ccccc12. The van der Waals surface area contributed by atoms with Crippen molar-refractivity contribution in [3.05, 3.63) is 60.2 Å². The van der Waals surface area contributed by atoms with E-state index in [1.165, 1.54) is 5.56 Å².